The van der Waals surface area contributed by atoms with Crippen LogP contribution in [0.15, 0.2) is 24.5 Å². The van der Waals surface area contributed by atoms with E-state index in [9.17, 15) is 4.79 Å². The van der Waals surface area contributed by atoms with Gasteiger partial charge in [0, 0.05) is 28.4 Å². The molecule has 20 heavy (non-hydrogen) atoms. The third kappa shape index (κ3) is 3.87. The molecule has 0 fully saturated rings. The van der Waals surface area contributed by atoms with Gasteiger partial charge in [-0.1, -0.05) is 0 Å². The number of carbonyl (C=O) groups is 1. The maximum absolute atomic E-state index is 12.0. The number of nitrogens with one attached hydrogen (secondary N) is 1. The summed E-state index contributed by atoms with van der Waals surface area (Å²) in [6.45, 7) is 7.88. The second-order valence-electron chi connectivity index (χ2n) is 5.74. The summed E-state index contributed by atoms with van der Waals surface area (Å²) in [7, 11) is 0. The van der Waals surface area contributed by atoms with Gasteiger partial charge in [0.2, 0.25) is 5.91 Å². The number of thiazole rings is 1. The number of pyridine rings is 1. The molecule has 0 radical (unpaired) electrons. The maximum Gasteiger partial charge on any atom is 0.225 e. The first-order chi connectivity index (χ1) is 9.35. The lowest BCUT2D eigenvalue weighted by atomic mass is 10.1. The standard InChI is InChI=1S/C15H19N3OS/c1-10-12(9-13(19)18-15(2,3)4)20-14(17-10)11-5-7-16-8-6-11/h5-8H,9H2,1-4H3,(H,18,19). The van der Waals surface area contributed by atoms with Crippen molar-refractivity contribution in [2.75, 3.05) is 0 Å². The molecule has 0 unspecified atom stereocenters. The highest BCUT2D eigenvalue weighted by atomic mass is 32.1. The van der Waals surface area contributed by atoms with Gasteiger partial charge in [0.1, 0.15) is 5.01 Å². The minimum absolute atomic E-state index is 0.0329. The summed E-state index contributed by atoms with van der Waals surface area (Å²) in [4.78, 5) is 21.5. The van der Waals surface area contributed by atoms with E-state index in [2.05, 4.69) is 15.3 Å². The lowest BCUT2D eigenvalue weighted by Gasteiger charge is -2.20. The Bertz CT molecular complexity index is 599. The largest absolute Gasteiger partial charge is 0.351 e. The van der Waals surface area contributed by atoms with Crippen LogP contribution in [-0.2, 0) is 11.2 Å². The average molecular weight is 289 g/mol. The van der Waals surface area contributed by atoms with Crippen molar-refractivity contribution in [2.45, 2.75) is 39.7 Å². The monoisotopic (exact) mass is 289 g/mol. The number of nitrogens with zero attached hydrogens (tertiary/aromatic N) is 2. The minimum atomic E-state index is -0.205. The van der Waals surface area contributed by atoms with Crippen LogP contribution in [0.25, 0.3) is 10.6 Å². The van der Waals surface area contributed by atoms with Crippen LogP contribution in [0.1, 0.15) is 31.3 Å². The van der Waals surface area contributed by atoms with Crippen molar-refractivity contribution in [3.05, 3.63) is 35.1 Å². The number of aryl methyl sites for hydroxylation is 1. The molecule has 2 heterocycles. The minimum Gasteiger partial charge on any atom is -0.351 e. The van der Waals surface area contributed by atoms with Crippen LogP contribution in [0, 0.1) is 6.92 Å². The van der Waals surface area contributed by atoms with Crippen molar-refractivity contribution < 1.29 is 4.79 Å². The Morgan fingerprint density at radius 2 is 1.95 bits per heavy atom. The van der Waals surface area contributed by atoms with Crippen molar-refractivity contribution in [3.63, 3.8) is 0 Å². The quantitative estimate of drug-likeness (QED) is 0.945. The molecule has 0 aliphatic carbocycles. The zero-order valence-corrected chi connectivity index (χ0v) is 13.0. The van der Waals surface area contributed by atoms with Gasteiger partial charge >= 0.3 is 0 Å². The van der Waals surface area contributed by atoms with Crippen molar-refractivity contribution in [1.82, 2.24) is 15.3 Å². The fourth-order valence-electron chi connectivity index (χ4n) is 1.82. The molecule has 0 aliphatic rings. The van der Waals surface area contributed by atoms with Crippen molar-refractivity contribution in [2.24, 2.45) is 0 Å². The normalized spacial score (nSPS) is 11.4. The molecule has 2 rings (SSSR count). The first-order valence-electron chi connectivity index (χ1n) is 6.53. The van der Waals surface area contributed by atoms with Gasteiger partial charge in [-0.15, -0.1) is 11.3 Å². The van der Waals surface area contributed by atoms with Crippen LogP contribution >= 0.6 is 11.3 Å². The Balaban J connectivity index is 2.15. The summed E-state index contributed by atoms with van der Waals surface area (Å²) in [5.41, 5.74) is 1.75. The topological polar surface area (TPSA) is 54.9 Å². The molecule has 0 aliphatic heterocycles. The summed E-state index contributed by atoms with van der Waals surface area (Å²) in [5.74, 6) is 0.0329. The smallest absolute Gasteiger partial charge is 0.225 e. The molecule has 0 saturated carbocycles. The highest BCUT2D eigenvalue weighted by Crippen LogP contribution is 2.27. The maximum atomic E-state index is 12.0. The third-order valence-electron chi connectivity index (χ3n) is 2.66. The highest BCUT2D eigenvalue weighted by molar-refractivity contribution is 7.15. The van der Waals surface area contributed by atoms with E-state index in [1.807, 2.05) is 39.8 Å². The highest BCUT2D eigenvalue weighted by Gasteiger charge is 2.17. The molecule has 0 saturated heterocycles. The van der Waals surface area contributed by atoms with Gasteiger partial charge in [0.05, 0.1) is 12.1 Å². The van der Waals surface area contributed by atoms with E-state index < -0.39 is 0 Å². The Morgan fingerprint density at radius 3 is 2.55 bits per heavy atom. The molecular weight excluding hydrogens is 270 g/mol. The van der Waals surface area contributed by atoms with Crippen LogP contribution in [0.4, 0.5) is 0 Å². The van der Waals surface area contributed by atoms with Crippen molar-refractivity contribution in [1.29, 1.82) is 0 Å². The average Bonchev–Trinajstić information content (AvgIpc) is 2.70. The Hall–Kier alpha value is -1.75. The molecule has 0 atom stereocenters. The summed E-state index contributed by atoms with van der Waals surface area (Å²) < 4.78 is 0. The predicted molar refractivity (Wildman–Crippen MR) is 81.7 cm³/mol. The van der Waals surface area contributed by atoms with Crippen LogP contribution in [0.2, 0.25) is 0 Å². The number of amides is 1. The van der Waals surface area contributed by atoms with E-state index in [0.717, 1.165) is 21.1 Å². The summed E-state index contributed by atoms with van der Waals surface area (Å²) in [5, 5.41) is 3.91. The second-order valence-corrected chi connectivity index (χ2v) is 6.82. The zero-order valence-electron chi connectivity index (χ0n) is 12.2. The third-order valence-corrected chi connectivity index (χ3v) is 3.86. The summed E-state index contributed by atoms with van der Waals surface area (Å²) in [6.07, 6.45) is 3.88. The molecule has 5 heteroatoms. The molecule has 4 nitrogen and oxygen atoms in total. The number of hydrogen-bond donors (Lipinski definition) is 1. The molecule has 0 aromatic carbocycles. The van der Waals surface area contributed by atoms with Crippen molar-refractivity contribution >= 4 is 17.2 Å². The number of rotatable bonds is 3. The van der Waals surface area contributed by atoms with E-state index in [-0.39, 0.29) is 11.4 Å². The van der Waals surface area contributed by atoms with E-state index in [4.69, 9.17) is 0 Å². The van der Waals surface area contributed by atoms with E-state index in [0.29, 0.717) is 6.42 Å². The van der Waals surface area contributed by atoms with Crippen LogP contribution in [-0.4, -0.2) is 21.4 Å². The molecule has 0 bridgehead atoms. The van der Waals surface area contributed by atoms with Gasteiger partial charge in [0.15, 0.2) is 0 Å². The Kier molecular flexibility index (Phi) is 4.18. The number of carbonyl (C=O) groups excluding carboxylic acids is 1. The Labute approximate surface area is 123 Å². The van der Waals surface area contributed by atoms with E-state index in [1.54, 1.807) is 23.7 Å². The van der Waals surface area contributed by atoms with Gasteiger partial charge in [0.25, 0.3) is 0 Å². The lowest BCUT2D eigenvalue weighted by Crippen LogP contribution is -2.41. The van der Waals surface area contributed by atoms with Crippen molar-refractivity contribution in [3.8, 4) is 10.6 Å². The molecule has 106 valence electrons. The van der Waals surface area contributed by atoms with Gasteiger partial charge < -0.3 is 5.32 Å². The molecular formula is C15H19N3OS. The molecule has 2 aromatic heterocycles. The van der Waals surface area contributed by atoms with Crippen LogP contribution in [0.5, 0.6) is 0 Å². The van der Waals surface area contributed by atoms with E-state index >= 15 is 0 Å². The molecule has 2 aromatic rings. The predicted octanol–water partition coefficient (Wildman–Crippen LogP) is 2.97. The summed E-state index contributed by atoms with van der Waals surface area (Å²) in [6, 6.07) is 3.86. The van der Waals surface area contributed by atoms with Crippen LogP contribution in [0.3, 0.4) is 0 Å². The SMILES string of the molecule is Cc1nc(-c2ccncc2)sc1CC(=O)NC(C)(C)C. The first kappa shape index (κ1) is 14.7. The number of aromatic nitrogens is 2. The van der Waals surface area contributed by atoms with Crippen LogP contribution < -0.4 is 5.32 Å². The van der Waals surface area contributed by atoms with Gasteiger partial charge in [-0.25, -0.2) is 4.98 Å². The lowest BCUT2D eigenvalue weighted by molar-refractivity contribution is -0.121. The zero-order chi connectivity index (χ0) is 14.8. The Morgan fingerprint density at radius 1 is 1.30 bits per heavy atom. The van der Waals surface area contributed by atoms with E-state index in [1.165, 1.54) is 0 Å². The molecule has 1 amide bonds. The fourth-order valence-corrected chi connectivity index (χ4v) is 2.88. The van der Waals surface area contributed by atoms with Gasteiger partial charge in [-0.2, -0.15) is 0 Å². The van der Waals surface area contributed by atoms with Gasteiger partial charge in [-0.05, 0) is 39.8 Å². The number of hydrogen-bond acceptors (Lipinski definition) is 4. The first-order valence-corrected chi connectivity index (χ1v) is 7.34. The second kappa shape index (κ2) is 5.71. The molecule has 1 N–H and O–H groups in total. The van der Waals surface area contributed by atoms with Gasteiger partial charge in [-0.3, -0.25) is 9.78 Å². The summed E-state index contributed by atoms with van der Waals surface area (Å²) >= 11 is 1.57. The fraction of sp³-hybridized carbons (Fsp3) is 0.400. The molecule has 0 spiro atoms.